The first kappa shape index (κ1) is 12.1. The van der Waals surface area contributed by atoms with E-state index >= 15 is 0 Å². The molecule has 0 saturated carbocycles. The second kappa shape index (κ2) is 4.89. The maximum Gasteiger partial charge on any atom is 0.280 e. The monoisotopic (exact) mass is 245 g/mol. The summed E-state index contributed by atoms with van der Waals surface area (Å²) < 4.78 is 0. The van der Waals surface area contributed by atoms with Gasteiger partial charge in [0.1, 0.15) is 0 Å². The van der Waals surface area contributed by atoms with Crippen molar-refractivity contribution >= 4 is 5.69 Å². The lowest BCUT2D eigenvalue weighted by Gasteiger charge is -2.04. The number of aliphatic hydroxyl groups is 1. The van der Waals surface area contributed by atoms with Crippen LogP contribution >= 0.6 is 0 Å². The van der Waals surface area contributed by atoms with Gasteiger partial charge in [-0.25, -0.2) is 9.97 Å². The van der Waals surface area contributed by atoms with Crippen molar-refractivity contribution in [3.63, 3.8) is 0 Å². The van der Waals surface area contributed by atoms with E-state index in [-0.39, 0.29) is 18.1 Å². The number of para-hydroxylation sites is 1. The second-order valence-corrected chi connectivity index (χ2v) is 3.76. The molecule has 1 aromatic heterocycles. The van der Waals surface area contributed by atoms with Crippen molar-refractivity contribution in [2.45, 2.75) is 13.5 Å². The first-order chi connectivity index (χ1) is 8.61. The van der Waals surface area contributed by atoms with E-state index in [1.165, 1.54) is 6.07 Å². The zero-order valence-corrected chi connectivity index (χ0v) is 9.70. The summed E-state index contributed by atoms with van der Waals surface area (Å²) in [6.45, 7) is 1.52. The van der Waals surface area contributed by atoms with E-state index in [9.17, 15) is 10.1 Å². The van der Waals surface area contributed by atoms with E-state index in [0.717, 1.165) is 0 Å². The molecule has 18 heavy (non-hydrogen) atoms. The van der Waals surface area contributed by atoms with Gasteiger partial charge in [-0.2, -0.15) is 0 Å². The summed E-state index contributed by atoms with van der Waals surface area (Å²) in [5, 5.41) is 20.0. The van der Waals surface area contributed by atoms with Crippen LogP contribution in [0.15, 0.2) is 30.3 Å². The predicted molar refractivity (Wildman–Crippen MR) is 64.8 cm³/mol. The number of nitro groups is 1. The molecule has 6 heteroatoms. The van der Waals surface area contributed by atoms with Gasteiger partial charge >= 0.3 is 0 Å². The van der Waals surface area contributed by atoms with E-state index in [2.05, 4.69) is 9.97 Å². The Hall–Kier alpha value is -2.34. The molecule has 0 radical (unpaired) electrons. The first-order valence-electron chi connectivity index (χ1n) is 5.31. The largest absolute Gasteiger partial charge is 0.390 e. The Bertz CT molecular complexity index is 599. The highest BCUT2D eigenvalue weighted by Crippen LogP contribution is 2.26. The number of hydrogen-bond acceptors (Lipinski definition) is 5. The van der Waals surface area contributed by atoms with Crippen molar-refractivity contribution in [3.8, 4) is 11.4 Å². The summed E-state index contributed by atoms with van der Waals surface area (Å²) >= 11 is 0. The van der Waals surface area contributed by atoms with Crippen LogP contribution in [0.4, 0.5) is 5.69 Å². The Kier molecular flexibility index (Phi) is 3.29. The molecule has 1 N–H and O–H groups in total. The smallest absolute Gasteiger partial charge is 0.280 e. The van der Waals surface area contributed by atoms with Crippen LogP contribution in [-0.4, -0.2) is 20.0 Å². The molecule has 0 unspecified atom stereocenters. The highest BCUT2D eigenvalue weighted by molar-refractivity contribution is 5.67. The summed E-state index contributed by atoms with van der Waals surface area (Å²) in [5.41, 5.74) is 1.39. The van der Waals surface area contributed by atoms with Gasteiger partial charge in [0, 0.05) is 11.8 Å². The Morgan fingerprint density at radius 2 is 2.06 bits per heavy atom. The molecule has 0 aliphatic heterocycles. The summed E-state index contributed by atoms with van der Waals surface area (Å²) in [4.78, 5) is 18.7. The lowest BCUT2D eigenvalue weighted by molar-refractivity contribution is -0.384. The van der Waals surface area contributed by atoms with Gasteiger partial charge in [0.15, 0.2) is 5.82 Å². The molecule has 0 atom stereocenters. The predicted octanol–water partition coefficient (Wildman–Crippen LogP) is 1.85. The molecule has 0 saturated heterocycles. The fourth-order valence-corrected chi connectivity index (χ4v) is 1.66. The Balaban J connectivity index is 2.61. The van der Waals surface area contributed by atoms with Gasteiger partial charge in [0.05, 0.1) is 22.8 Å². The molecular weight excluding hydrogens is 234 g/mol. The molecule has 0 fully saturated rings. The number of aryl methyl sites for hydroxylation is 1. The van der Waals surface area contributed by atoms with Crippen molar-refractivity contribution in [1.29, 1.82) is 0 Å². The van der Waals surface area contributed by atoms with Gasteiger partial charge in [0.25, 0.3) is 5.69 Å². The van der Waals surface area contributed by atoms with E-state index in [4.69, 9.17) is 5.11 Å². The molecule has 1 aromatic carbocycles. The fraction of sp³-hybridized carbons (Fsp3) is 0.167. The number of benzene rings is 1. The van der Waals surface area contributed by atoms with Gasteiger partial charge in [-0.1, -0.05) is 12.1 Å². The number of aliphatic hydroxyl groups excluding tert-OH is 1. The topological polar surface area (TPSA) is 89.2 Å². The van der Waals surface area contributed by atoms with Crippen LogP contribution in [0.3, 0.4) is 0 Å². The standard InChI is InChI=1S/C12H11N3O3/c1-8-6-9(7-16)14-12(13-8)10-4-2-3-5-11(10)15(17)18/h2-6,16H,7H2,1H3. The Morgan fingerprint density at radius 3 is 2.72 bits per heavy atom. The maximum atomic E-state index is 10.9. The second-order valence-electron chi connectivity index (χ2n) is 3.76. The first-order valence-corrected chi connectivity index (χ1v) is 5.31. The third-order valence-corrected chi connectivity index (χ3v) is 2.41. The number of hydrogen-bond donors (Lipinski definition) is 1. The number of rotatable bonds is 3. The van der Waals surface area contributed by atoms with Gasteiger partial charge in [-0.3, -0.25) is 10.1 Å². The van der Waals surface area contributed by atoms with Gasteiger partial charge in [0.2, 0.25) is 0 Å². The summed E-state index contributed by atoms with van der Waals surface area (Å²) in [7, 11) is 0. The zero-order valence-electron chi connectivity index (χ0n) is 9.70. The van der Waals surface area contributed by atoms with E-state index in [0.29, 0.717) is 17.0 Å². The van der Waals surface area contributed by atoms with Crippen molar-refractivity contribution in [2.24, 2.45) is 0 Å². The molecule has 0 amide bonds. The molecule has 2 rings (SSSR count). The minimum atomic E-state index is -0.473. The van der Waals surface area contributed by atoms with E-state index in [1.54, 1.807) is 31.2 Å². The van der Waals surface area contributed by atoms with Crippen LogP contribution in [0.25, 0.3) is 11.4 Å². The average molecular weight is 245 g/mol. The molecule has 0 aliphatic rings. The minimum Gasteiger partial charge on any atom is -0.390 e. The van der Waals surface area contributed by atoms with Crippen molar-refractivity contribution < 1.29 is 10.0 Å². The molecule has 0 spiro atoms. The normalized spacial score (nSPS) is 10.3. The van der Waals surface area contributed by atoms with Crippen LogP contribution in [-0.2, 0) is 6.61 Å². The Labute approximate surface area is 103 Å². The third kappa shape index (κ3) is 2.33. The SMILES string of the molecule is Cc1cc(CO)nc(-c2ccccc2[N+](=O)[O-])n1. The third-order valence-electron chi connectivity index (χ3n) is 2.41. The summed E-state index contributed by atoms with van der Waals surface area (Å²) in [5.74, 6) is 0.256. The summed E-state index contributed by atoms with van der Waals surface area (Å²) in [6, 6.07) is 7.91. The van der Waals surface area contributed by atoms with Crippen molar-refractivity contribution in [1.82, 2.24) is 9.97 Å². The fourth-order valence-electron chi connectivity index (χ4n) is 1.66. The lowest BCUT2D eigenvalue weighted by atomic mass is 10.1. The number of aromatic nitrogens is 2. The zero-order chi connectivity index (χ0) is 13.1. The van der Waals surface area contributed by atoms with Gasteiger partial charge in [-0.05, 0) is 19.1 Å². The van der Waals surface area contributed by atoms with Crippen LogP contribution in [0, 0.1) is 17.0 Å². The molecule has 92 valence electrons. The summed E-state index contributed by atoms with van der Waals surface area (Å²) in [6.07, 6.45) is 0. The molecule has 6 nitrogen and oxygen atoms in total. The van der Waals surface area contributed by atoms with Gasteiger partial charge < -0.3 is 5.11 Å². The van der Waals surface area contributed by atoms with E-state index < -0.39 is 4.92 Å². The van der Waals surface area contributed by atoms with Crippen LogP contribution in [0.1, 0.15) is 11.4 Å². The van der Waals surface area contributed by atoms with Crippen LogP contribution in [0.5, 0.6) is 0 Å². The maximum absolute atomic E-state index is 10.9. The Morgan fingerprint density at radius 1 is 1.33 bits per heavy atom. The lowest BCUT2D eigenvalue weighted by Crippen LogP contribution is -2.00. The molecular formula is C12H11N3O3. The van der Waals surface area contributed by atoms with Gasteiger partial charge in [-0.15, -0.1) is 0 Å². The van der Waals surface area contributed by atoms with E-state index in [1.807, 2.05) is 0 Å². The highest BCUT2D eigenvalue weighted by Gasteiger charge is 2.17. The van der Waals surface area contributed by atoms with Crippen molar-refractivity contribution in [2.75, 3.05) is 0 Å². The number of nitrogens with zero attached hydrogens (tertiary/aromatic N) is 3. The van der Waals surface area contributed by atoms with Crippen LogP contribution < -0.4 is 0 Å². The highest BCUT2D eigenvalue weighted by atomic mass is 16.6. The molecule has 0 aliphatic carbocycles. The molecule has 1 heterocycles. The molecule has 2 aromatic rings. The van der Waals surface area contributed by atoms with Crippen LogP contribution in [0.2, 0.25) is 0 Å². The molecule has 0 bridgehead atoms. The quantitative estimate of drug-likeness (QED) is 0.658. The average Bonchev–Trinajstić information content (AvgIpc) is 2.38. The van der Waals surface area contributed by atoms with Crippen molar-refractivity contribution in [3.05, 3.63) is 51.8 Å². The minimum absolute atomic E-state index is 0.0491. The number of nitro benzene ring substituents is 1.